The van der Waals surface area contributed by atoms with Gasteiger partial charge in [-0.15, -0.1) is 0 Å². The molecule has 0 aliphatic rings. The molecule has 124 valence electrons. The van der Waals surface area contributed by atoms with Gasteiger partial charge in [0.15, 0.2) is 0 Å². The zero-order valence-electron chi connectivity index (χ0n) is 13.6. The van der Waals surface area contributed by atoms with Crippen molar-refractivity contribution in [2.75, 3.05) is 6.54 Å². The third kappa shape index (κ3) is 5.88. The molecule has 0 heterocycles. The van der Waals surface area contributed by atoms with Gasteiger partial charge in [0, 0.05) is 12.1 Å². The predicted molar refractivity (Wildman–Crippen MR) is 93.5 cm³/mol. The maximum absolute atomic E-state index is 11.4. The molecule has 0 saturated carbocycles. The number of carboxylic acids is 1. The zero-order chi connectivity index (χ0) is 17.4. The molecule has 4 heteroatoms. The quantitative estimate of drug-likeness (QED) is 0.712. The van der Waals surface area contributed by atoms with Gasteiger partial charge in [-0.05, 0) is 31.0 Å². The molecule has 3 N–H and O–H groups in total. The summed E-state index contributed by atoms with van der Waals surface area (Å²) in [5, 5.41) is 22.6. The molecule has 0 spiro atoms. The second-order valence-electron chi connectivity index (χ2n) is 5.85. The van der Waals surface area contributed by atoms with Gasteiger partial charge in [0.2, 0.25) is 0 Å². The Morgan fingerprint density at radius 3 is 2.29 bits per heavy atom. The van der Waals surface area contributed by atoms with Crippen molar-refractivity contribution in [3.8, 4) is 11.8 Å². The van der Waals surface area contributed by atoms with E-state index in [-0.39, 0.29) is 6.54 Å². The fourth-order valence-corrected chi connectivity index (χ4v) is 2.19. The molecule has 0 radical (unpaired) electrons. The number of benzene rings is 2. The highest BCUT2D eigenvalue weighted by Crippen LogP contribution is 2.06. The first kappa shape index (κ1) is 17.7. The van der Waals surface area contributed by atoms with E-state index in [1.807, 2.05) is 60.7 Å². The Morgan fingerprint density at radius 1 is 1.12 bits per heavy atom. The summed E-state index contributed by atoms with van der Waals surface area (Å²) >= 11 is 0. The van der Waals surface area contributed by atoms with Crippen LogP contribution in [0.2, 0.25) is 0 Å². The van der Waals surface area contributed by atoms with Gasteiger partial charge in [0.05, 0.1) is 0 Å². The van der Waals surface area contributed by atoms with Gasteiger partial charge in [-0.3, -0.25) is 4.79 Å². The molecule has 24 heavy (non-hydrogen) atoms. The summed E-state index contributed by atoms with van der Waals surface area (Å²) < 4.78 is 0. The van der Waals surface area contributed by atoms with E-state index in [9.17, 15) is 15.0 Å². The van der Waals surface area contributed by atoms with Crippen molar-refractivity contribution >= 4 is 5.97 Å². The number of aliphatic hydroxyl groups is 1. The summed E-state index contributed by atoms with van der Waals surface area (Å²) in [6, 6.07) is 18.0. The van der Waals surface area contributed by atoms with Crippen molar-refractivity contribution in [3.05, 3.63) is 71.8 Å². The molecule has 2 aromatic carbocycles. The minimum atomic E-state index is -1.32. The highest BCUT2D eigenvalue weighted by atomic mass is 16.4. The SMILES string of the molecule is C[C@](O)(C#Cc1ccccc1)CN[C@H](Cc1ccccc1)C(=O)O. The van der Waals surface area contributed by atoms with Crippen LogP contribution in [0.4, 0.5) is 0 Å². The van der Waals surface area contributed by atoms with E-state index in [1.165, 1.54) is 0 Å². The minimum absolute atomic E-state index is 0.0661. The molecule has 2 aromatic rings. The van der Waals surface area contributed by atoms with Gasteiger partial charge in [-0.1, -0.05) is 60.4 Å². The van der Waals surface area contributed by atoms with Crippen LogP contribution < -0.4 is 5.32 Å². The van der Waals surface area contributed by atoms with Crippen molar-refractivity contribution in [1.29, 1.82) is 0 Å². The summed E-state index contributed by atoms with van der Waals surface area (Å²) in [7, 11) is 0. The molecule has 0 bridgehead atoms. The molecule has 4 nitrogen and oxygen atoms in total. The number of carbonyl (C=O) groups is 1. The van der Waals surface area contributed by atoms with Crippen LogP contribution in [0.5, 0.6) is 0 Å². The van der Waals surface area contributed by atoms with Gasteiger partial charge in [0.25, 0.3) is 0 Å². The van der Waals surface area contributed by atoms with Gasteiger partial charge in [-0.2, -0.15) is 0 Å². The van der Waals surface area contributed by atoms with Gasteiger partial charge in [0.1, 0.15) is 11.6 Å². The third-order valence-corrected chi connectivity index (χ3v) is 3.52. The molecule has 2 atom stereocenters. The number of carboxylic acid groups (broad SMARTS) is 1. The molecule has 0 aromatic heterocycles. The lowest BCUT2D eigenvalue weighted by molar-refractivity contribution is -0.139. The first-order chi connectivity index (χ1) is 11.5. The fourth-order valence-electron chi connectivity index (χ4n) is 2.19. The largest absolute Gasteiger partial charge is 0.480 e. The van der Waals surface area contributed by atoms with E-state index in [0.717, 1.165) is 11.1 Å². The first-order valence-corrected chi connectivity index (χ1v) is 7.77. The highest BCUT2D eigenvalue weighted by Gasteiger charge is 2.23. The zero-order valence-corrected chi connectivity index (χ0v) is 13.6. The summed E-state index contributed by atoms with van der Waals surface area (Å²) in [6.45, 7) is 1.63. The van der Waals surface area contributed by atoms with E-state index < -0.39 is 17.6 Å². The molecule has 0 fully saturated rings. The lowest BCUT2D eigenvalue weighted by atomic mass is 10.0. The summed E-state index contributed by atoms with van der Waals surface area (Å²) in [6.07, 6.45) is 0.346. The van der Waals surface area contributed by atoms with Crippen LogP contribution >= 0.6 is 0 Å². The average Bonchev–Trinajstić information content (AvgIpc) is 2.58. The smallest absolute Gasteiger partial charge is 0.321 e. The Labute approximate surface area is 142 Å². The molecule has 0 aliphatic carbocycles. The molecule has 0 aliphatic heterocycles. The van der Waals surface area contributed by atoms with Crippen molar-refractivity contribution in [1.82, 2.24) is 5.32 Å². The predicted octanol–water partition coefficient (Wildman–Crippen LogP) is 2.07. The van der Waals surface area contributed by atoms with Crippen molar-refractivity contribution in [3.63, 3.8) is 0 Å². The summed E-state index contributed by atoms with van der Waals surface area (Å²) in [5.41, 5.74) is 0.407. The molecule has 0 saturated heterocycles. The van der Waals surface area contributed by atoms with Crippen molar-refractivity contribution in [2.45, 2.75) is 25.0 Å². The third-order valence-electron chi connectivity index (χ3n) is 3.52. The normalized spacial score (nSPS) is 14.1. The second-order valence-corrected chi connectivity index (χ2v) is 5.85. The van der Waals surface area contributed by atoms with E-state index >= 15 is 0 Å². The number of nitrogens with one attached hydrogen (secondary N) is 1. The Bertz CT molecular complexity index is 715. The van der Waals surface area contributed by atoms with Crippen molar-refractivity contribution < 1.29 is 15.0 Å². The first-order valence-electron chi connectivity index (χ1n) is 7.77. The van der Waals surface area contributed by atoms with Gasteiger partial charge in [-0.25, -0.2) is 0 Å². The highest BCUT2D eigenvalue weighted by molar-refractivity contribution is 5.73. The van der Waals surface area contributed by atoms with Crippen LogP contribution in [-0.4, -0.2) is 34.4 Å². The van der Waals surface area contributed by atoms with Gasteiger partial charge >= 0.3 is 5.97 Å². The maximum atomic E-state index is 11.4. The van der Waals surface area contributed by atoms with Crippen LogP contribution in [0.1, 0.15) is 18.1 Å². The molecule has 2 rings (SSSR count). The summed E-state index contributed by atoms with van der Waals surface area (Å²) in [4.78, 5) is 11.4. The van der Waals surface area contributed by atoms with Crippen molar-refractivity contribution in [2.24, 2.45) is 0 Å². The Balaban J connectivity index is 1.98. The molecular formula is C20H21NO3. The second kappa shape index (κ2) is 8.30. The van der Waals surface area contributed by atoms with E-state index in [4.69, 9.17) is 0 Å². The fraction of sp³-hybridized carbons (Fsp3) is 0.250. The Kier molecular flexibility index (Phi) is 6.14. The van der Waals surface area contributed by atoms with Crippen LogP contribution in [0.25, 0.3) is 0 Å². The van der Waals surface area contributed by atoms with Crippen LogP contribution in [-0.2, 0) is 11.2 Å². The Hall–Kier alpha value is -2.61. The van der Waals surface area contributed by atoms with Gasteiger partial charge < -0.3 is 15.5 Å². The van der Waals surface area contributed by atoms with E-state index in [2.05, 4.69) is 17.2 Å². The number of hydrogen-bond acceptors (Lipinski definition) is 3. The van der Waals surface area contributed by atoms with E-state index in [1.54, 1.807) is 6.92 Å². The average molecular weight is 323 g/mol. The molecular weight excluding hydrogens is 302 g/mol. The molecule has 0 amide bonds. The standard InChI is InChI=1S/C20H21NO3/c1-20(24,13-12-16-8-4-2-5-9-16)15-21-18(19(22)23)14-17-10-6-3-7-11-17/h2-11,18,21,24H,14-15H2,1H3,(H,22,23)/t18-,20+/m1/s1. The minimum Gasteiger partial charge on any atom is -0.480 e. The number of rotatable bonds is 6. The lowest BCUT2D eigenvalue weighted by Gasteiger charge is -2.21. The van der Waals surface area contributed by atoms with Crippen LogP contribution in [0, 0.1) is 11.8 Å². The number of hydrogen-bond donors (Lipinski definition) is 3. The maximum Gasteiger partial charge on any atom is 0.321 e. The van der Waals surface area contributed by atoms with E-state index in [0.29, 0.717) is 6.42 Å². The topological polar surface area (TPSA) is 69.6 Å². The van der Waals surface area contributed by atoms with Crippen LogP contribution in [0.3, 0.4) is 0 Å². The van der Waals surface area contributed by atoms with Crippen LogP contribution in [0.15, 0.2) is 60.7 Å². The Morgan fingerprint density at radius 2 is 1.71 bits per heavy atom. The monoisotopic (exact) mass is 323 g/mol. The summed E-state index contributed by atoms with van der Waals surface area (Å²) in [5.74, 6) is 4.73. The lowest BCUT2D eigenvalue weighted by Crippen LogP contribution is -2.46. The number of aliphatic carboxylic acids is 1. The molecule has 0 unspecified atom stereocenters.